The maximum absolute atomic E-state index is 13.7. The number of fused-ring (bicyclic) bond motifs is 2. The van der Waals surface area contributed by atoms with Crippen molar-refractivity contribution in [2.24, 2.45) is 0 Å². The smallest absolute Gasteiger partial charge is 0.296 e. The van der Waals surface area contributed by atoms with Crippen LogP contribution in [0.1, 0.15) is 70.9 Å². The Morgan fingerprint density at radius 2 is 1.46 bits per heavy atom. The summed E-state index contributed by atoms with van der Waals surface area (Å²) in [7, 11) is -4.62. The molecule has 9 heteroatoms. The third-order valence-electron chi connectivity index (χ3n) is 6.85. The van der Waals surface area contributed by atoms with E-state index in [0.29, 0.717) is 23.4 Å². The van der Waals surface area contributed by atoms with Gasteiger partial charge in [-0.1, -0.05) is 43.5 Å². The van der Waals surface area contributed by atoms with Gasteiger partial charge in [0.25, 0.3) is 10.1 Å². The molecule has 0 aromatic heterocycles. The van der Waals surface area contributed by atoms with Gasteiger partial charge in [0, 0.05) is 28.9 Å². The molecule has 2 aliphatic rings. The molecule has 0 radical (unpaired) electrons. The summed E-state index contributed by atoms with van der Waals surface area (Å²) in [6.07, 6.45) is 5.35. The van der Waals surface area contributed by atoms with E-state index in [1.54, 1.807) is 49.4 Å². The zero-order valence-corrected chi connectivity index (χ0v) is 21.2. The van der Waals surface area contributed by atoms with Gasteiger partial charge in [-0.15, -0.1) is 0 Å². The van der Waals surface area contributed by atoms with Crippen LogP contribution in [0.4, 0.5) is 17.1 Å². The minimum atomic E-state index is -4.62. The van der Waals surface area contributed by atoms with Gasteiger partial charge in [0.15, 0.2) is 11.6 Å². The monoisotopic (exact) mass is 520 g/mol. The fourth-order valence-corrected chi connectivity index (χ4v) is 5.80. The highest BCUT2D eigenvalue weighted by Crippen LogP contribution is 2.39. The SMILES string of the molecule is CCOc1ccc(Nc2ccc(NC3CCCCC3)c3c2C(=O)c2ccccc2C3=O)c(S(=O)(=O)O)c1. The number of hydrogen-bond donors (Lipinski definition) is 3. The van der Waals surface area contributed by atoms with Gasteiger partial charge < -0.3 is 15.4 Å². The van der Waals surface area contributed by atoms with Gasteiger partial charge in [-0.2, -0.15) is 8.42 Å². The molecule has 1 fully saturated rings. The van der Waals surface area contributed by atoms with Gasteiger partial charge in [-0.3, -0.25) is 14.1 Å². The first-order valence-electron chi connectivity index (χ1n) is 12.4. The summed E-state index contributed by atoms with van der Waals surface area (Å²) < 4.78 is 39.6. The van der Waals surface area contributed by atoms with Crippen molar-refractivity contribution >= 4 is 38.7 Å². The Balaban J connectivity index is 1.63. The van der Waals surface area contributed by atoms with Crippen molar-refractivity contribution in [2.45, 2.75) is 50.0 Å². The molecule has 1 saturated carbocycles. The number of anilines is 3. The third-order valence-corrected chi connectivity index (χ3v) is 7.75. The molecule has 0 amide bonds. The van der Waals surface area contributed by atoms with E-state index in [9.17, 15) is 22.6 Å². The van der Waals surface area contributed by atoms with Crippen LogP contribution in [0.15, 0.2) is 59.5 Å². The number of carbonyl (C=O) groups is 2. The van der Waals surface area contributed by atoms with Gasteiger partial charge >= 0.3 is 0 Å². The molecule has 3 aromatic rings. The molecule has 5 rings (SSSR count). The second-order valence-electron chi connectivity index (χ2n) is 9.28. The van der Waals surface area contributed by atoms with Crippen molar-refractivity contribution in [1.29, 1.82) is 0 Å². The molecular formula is C28H28N2O6S. The molecule has 0 atom stereocenters. The summed E-state index contributed by atoms with van der Waals surface area (Å²) in [5, 5.41) is 6.48. The summed E-state index contributed by atoms with van der Waals surface area (Å²) >= 11 is 0. The van der Waals surface area contributed by atoms with Gasteiger partial charge in [0.1, 0.15) is 10.6 Å². The second-order valence-corrected chi connectivity index (χ2v) is 10.7. The van der Waals surface area contributed by atoms with E-state index >= 15 is 0 Å². The average molecular weight is 521 g/mol. The van der Waals surface area contributed by atoms with E-state index in [2.05, 4.69) is 10.6 Å². The summed E-state index contributed by atoms with van der Waals surface area (Å²) in [5.41, 5.74) is 1.97. The van der Waals surface area contributed by atoms with Crippen molar-refractivity contribution in [3.05, 3.63) is 76.9 Å². The van der Waals surface area contributed by atoms with Crippen LogP contribution in [0, 0.1) is 0 Å². The fraction of sp³-hybridized carbons (Fsp3) is 0.286. The van der Waals surface area contributed by atoms with Crippen molar-refractivity contribution < 1.29 is 27.3 Å². The standard InChI is InChI=1S/C28H28N2O6S/c1-2-36-18-12-13-21(24(16-18)37(33,34)35)30-23-15-14-22(29-17-8-4-3-5-9-17)25-26(23)28(32)20-11-7-6-10-19(20)27(25)31/h6-7,10-17,29-30H,2-5,8-9H2,1H3,(H,33,34,35). The highest BCUT2D eigenvalue weighted by atomic mass is 32.2. The predicted octanol–water partition coefficient (Wildman–Crippen LogP) is 5.60. The van der Waals surface area contributed by atoms with Crippen molar-refractivity contribution in [1.82, 2.24) is 0 Å². The van der Waals surface area contributed by atoms with Crippen LogP contribution in [0.25, 0.3) is 0 Å². The van der Waals surface area contributed by atoms with E-state index in [-0.39, 0.29) is 45.9 Å². The lowest BCUT2D eigenvalue weighted by molar-refractivity contribution is 0.0980. The van der Waals surface area contributed by atoms with Crippen LogP contribution in [0.5, 0.6) is 5.75 Å². The summed E-state index contributed by atoms with van der Waals surface area (Å²) in [6.45, 7) is 2.08. The lowest BCUT2D eigenvalue weighted by atomic mass is 9.82. The molecule has 37 heavy (non-hydrogen) atoms. The van der Waals surface area contributed by atoms with Crippen LogP contribution in [-0.4, -0.2) is 37.2 Å². The number of carbonyl (C=O) groups excluding carboxylic acids is 2. The number of nitrogens with one attached hydrogen (secondary N) is 2. The van der Waals surface area contributed by atoms with E-state index in [4.69, 9.17) is 4.74 Å². The number of rotatable bonds is 7. The fourth-order valence-electron chi connectivity index (χ4n) is 5.13. The van der Waals surface area contributed by atoms with Gasteiger partial charge in [0.2, 0.25) is 0 Å². The highest BCUT2D eigenvalue weighted by Gasteiger charge is 2.34. The molecule has 0 heterocycles. The maximum atomic E-state index is 13.7. The molecule has 0 bridgehead atoms. The van der Waals surface area contributed by atoms with Gasteiger partial charge in [-0.05, 0) is 44.0 Å². The first kappa shape index (κ1) is 25.0. The molecule has 0 unspecified atom stereocenters. The summed E-state index contributed by atoms with van der Waals surface area (Å²) in [4.78, 5) is 27.0. The van der Waals surface area contributed by atoms with Crippen LogP contribution in [0.2, 0.25) is 0 Å². The lowest BCUT2D eigenvalue weighted by Crippen LogP contribution is -2.27. The van der Waals surface area contributed by atoms with E-state index in [1.807, 2.05) is 0 Å². The van der Waals surface area contributed by atoms with Crippen molar-refractivity contribution in [3.63, 3.8) is 0 Å². The normalized spacial score (nSPS) is 15.6. The van der Waals surface area contributed by atoms with E-state index in [0.717, 1.165) is 25.7 Å². The number of ketones is 2. The molecule has 0 spiro atoms. The Labute approximate surface area is 215 Å². The predicted molar refractivity (Wildman–Crippen MR) is 141 cm³/mol. The van der Waals surface area contributed by atoms with Gasteiger partial charge in [0.05, 0.1) is 29.1 Å². The van der Waals surface area contributed by atoms with Gasteiger partial charge in [-0.25, -0.2) is 0 Å². The van der Waals surface area contributed by atoms with Crippen LogP contribution in [0.3, 0.4) is 0 Å². The largest absolute Gasteiger partial charge is 0.494 e. The molecule has 0 saturated heterocycles. The zero-order valence-electron chi connectivity index (χ0n) is 20.4. The van der Waals surface area contributed by atoms with Crippen LogP contribution >= 0.6 is 0 Å². The zero-order chi connectivity index (χ0) is 26.2. The lowest BCUT2D eigenvalue weighted by Gasteiger charge is -2.28. The van der Waals surface area contributed by atoms with Crippen molar-refractivity contribution in [2.75, 3.05) is 17.2 Å². The maximum Gasteiger partial charge on any atom is 0.296 e. The minimum Gasteiger partial charge on any atom is -0.494 e. The van der Waals surface area contributed by atoms with Crippen molar-refractivity contribution in [3.8, 4) is 5.75 Å². The third kappa shape index (κ3) is 4.84. The number of hydrogen-bond acceptors (Lipinski definition) is 7. The second kappa shape index (κ2) is 9.99. The molecule has 3 N–H and O–H groups in total. The minimum absolute atomic E-state index is 0.0558. The molecule has 3 aromatic carbocycles. The molecule has 192 valence electrons. The molecule has 8 nitrogen and oxygen atoms in total. The first-order valence-corrected chi connectivity index (χ1v) is 13.8. The quantitative estimate of drug-likeness (QED) is 0.269. The average Bonchev–Trinajstić information content (AvgIpc) is 2.89. The van der Waals surface area contributed by atoms with Crippen LogP contribution < -0.4 is 15.4 Å². The molecule has 0 aliphatic heterocycles. The Kier molecular flexibility index (Phi) is 6.74. The topological polar surface area (TPSA) is 122 Å². The van der Waals surface area contributed by atoms with E-state index in [1.165, 1.54) is 18.6 Å². The number of benzene rings is 3. The summed E-state index contributed by atoms with van der Waals surface area (Å²) in [5.74, 6) is -0.330. The number of ether oxygens (including phenoxy) is 1. The first-order chi connectivity index (χ1) is 17.8. The Morgan fingerprint density at radius 3 is 2.08 bits per heavy atom. The highest BCUT2D eigenvalue weighted by molar-refractivity contribution is 7.86. The van der Waals surface area contributed by atoms with E-state index < -0.39 is 15.0 Å². The Bertz CT molecular complexity index is 1490. The summed E-state index contributed by atoms with van der Waals surface area (Å²) in [6, 6.07) is 14.5. The van der Waals surface area contributed by atoms with Crippen LogP contribution in [-0.2, 0) is 10.1 Å². The molecular weight excluding hydrogens is 492 g/mol. The Morgan fingerprint density at radius 1 is 0.865 bits per heavy atom. The Hall–Kier alpha value is -3.69. The molecule has 2 aliphatic carbocycles.